The number of nitrogens with one attached hydrogen (secondary N) is 1. The molecular formula is C18H27N. The van der Waals surface area contributed by atoms with Crippen LogP contribution in [0.25, 0.3) is 0 Å². The lowest BCUT2D eigenvalue weighted by atomic mass is 9.88. The molecule has 0 amide bonds. The van der Waals surface area contributed by atoms with Gasteiger partial charge in [-0.1, -0.05) is 62.6 Å². The fourth-order valence-corrected chi connectivity index (χ4v) is 2.45. The summed E-state index contributed by atoms with van der Waals surface area (Å²) in [7, 11) is 0. The smallest absolute Gasteiger partial charge is 0.0646 e. The van der Waals surface area contributed by atoms with Crippen LogP contribution in [0.3, 0.4) is 0 Å². The second-order valence-electron chi connectivity index (χ2n) is 5.69. The third-order valence-corrected chi connectivity index (χ3v) is 3.55. The first-order chi connectivity index (χ1) is 8.97. The van der Waals surface area contributed by atoms with Crippen molar-refractivity contribution in [2.45, 2.75) is 53.9 Å². The van der Waals surface area contributed by atoms with E-state index >= 15 is 0 Å². The van der Waals surface area contributed by atoms with Crippen molar-refractivity contribution in [2.24, 2.45) is 5.92 Å². The maximum Gasteiger partial charge on any atom is 0.0646 e. The monoisotopic (exact) mass is 257 g/mol. The van der Waals surface area contributed by atoms with Crippen LogP contribution in [0.5, 0.6) is 0 Å². The second-order valence-corrected chi connectivity index (χ2v) is 5.69. The molecule has 0 aromatic heterocycles. The van der Waals surface area contributed by atoms with Crippen LogP contribution < -0.4 is 0 Å². The zero-order valence-electron chi connectivity index (χ0n) is 13.0. The Kier molecular flexibility index (Phi) is 6.01. The summed E-state index contributed by atoms with van der Waals surface area (Å²) < 4.78 is 0. The summed E-state index contributed by atoms with van der Waals surface area (Å²) in [6.07, 6.45) is 3.53. The largest absolute Gasteiger partial charge is 0.300 e. The van der Waals surface area contributed by atoms with Gasteiger partial charge >= 0.3 is 0 Å². The Morgan fingerprint density at radius 3 is 2.21 bits per heavy atom. The molecule has 1 aromatic carbocycles. The normalized spacial score (nSPS) is 12.5. The summed E-state index contributed by atoms with van der Waals surface area (Å²) in [4.78, 5) is 0. The van der Waals surface area contributed by atoms with E-state index in [1.807, 2.05) is 0 Å². The Morgan fingerprint density at radius 1 is 1.16 bits per heavy atom. The standard InChI is InChI=1S/C18H27N/c1-6-7-8-15(5)17(13(2)3)18(19)16-11-9-14(4)10-12-16/h9-13,19H,6-8H2,1-5H3/b17-15+,19-18?. The minimum Gasteiger partial charge on any atom is -0.300 e. The minimum atomic E-state index is 0.408. The zero-order valence-corrected chi connectivity index (χ0v) is 13.0. The van der Waals surface area contributed by atoms with Crippen LogP contribution in [-0.4, -0.2) is 5.71 Å². The number of rotatable bonds is 6. The van der Waals surface area contributed by atoms with Gasteiger partial charge in [0.25, 0.3) is 0 Å². The molecule has 0 radical (unpaired) electrons. The van der Waals surface area contributed by atoms with Gasteiger partial charge in [0.2, 0.25) is 0 Å². The molecule has 19 heavy (non-hydrogen) atoms. The van der Waals surface area contributed by atoms with Crippen molar-refractivity contribution in [3.05, 3.63) is 46.5 Å². The lowest BCUT2D eigenvalue weighted by molar-refractivity contribution is 0.742. The van der Waals surface area contributed by atoms with E-state index in [0.717, 1.165) is 12.0 Å². The van der Waals surface area contributed by atoms with Crippen LogP contribution in [0.1, 0.15) is 58.1 Å². The summed E-state index contributed by atoms with van der Waals surface area (Å²) in [5.74, 6) is 0.408. The SMILES string of the molecule is CCCC/C(C)=C(/C(=N)c1ccc(C)cc1)C(C)C. The lowest BCUT2D eigenvalue weighted by Crippen LogP contribution is -2.11. The van der Waals surface area contributed by atoms with Crippen molar-refractivity contribution >= 4 is 5.71 Å². The fraction of sp³-hybridized carbons (Fsp3) is 0.500. The van der Waals surface area contributed by atoms with Gasteiger partial charge in [0.05, 0.1) is 5.71 Å². The lowest BCUT2D eigenvalue weighted by Gasteiger charge is -2.17. The second kappa shape index (κ2) is 7.28. The number of hydrogen-bond donors (Lipinski definition) is 1. The van der Waals surface area contributed by atoms with Crippen molar-refractivity contribution < 1.29 is 0 Å². The number of aryl methyl sites for hydroxylation is 1. The molecule has 0 atom stereocenters. The van der Waals surface area contributed by atoms with Gasteiger partial charge in [-0.25, -0.2) is 0 Å². The molecule has 0 aliphatic rings. The van der Waals surface area contributed by atoms with E-state index < -0.39 is 0 Å². The molecule has 0 spiro atoms. The molecule has 0 aliphatic heterocycles. The van der Waals surface area contributed by atoms with Crippen molar-refractivity contribution in [1.82, 2.24) is 0 Å². The van der Waals surface area contributed by atoms with Crippen LogP contribution in [0.4, 0.5) is 0 Å². The van der Waals surface area contributed by atoms with Crippen LogP contribution in [0.15, 0.2) is 35.4 Å². The highest BCUT2D eigenvalue weighted by atomic mass is 14.4. The molecule has 0 fully saturated rings. The Bertz CT molecular complexity index is 449. The van der Waals surface area contributed by atoms with Crippen LogP contribution in [0.2, 0.25) is 0 Å². The maximum absolute atomic E-state index is 8.50. The Hall–Kier alpha value is -1.37. The van der Waals surface area contributed by atoms with E-state index in [2.05, 4.69) is 58.9 Å². The predicted octanol–water partition coefficient (Wildman–Crippen LogP) is 5.53. The Morgan fingerprint density at radius 2 is 1.74 bits per heavy atom. The van der Waals surface area contributed by atoms with Gasteiger partial charge in [-0.05, 0) is 43.7 Å². The molecule has 104 valence electrons. The van der Waals surface area contributed by atoms with Gasteiger partial charge < -0.3 is 0 Å². The van der Waals surface area contributed by atoms with E-state index in [0.29, 0.717) is 11.6 Å². The number of allylic oxidation sites excluding steroid dienone is 2. The van der Waals surface area contributed by atoms with Gasteiger partial charge in [0.15, 0.2) is 0 Å². The van der Waals surface area contributed by atoms with Gasteiger partial charge in [0, 0.05) is 0 Å². The molecule has 0 bridgehead atoms. The number of unbranched alkanes of at least 4 members (excludes halogenated alkanes) is 1. The van der Waals surface area contributed by atoms with Gasteiger partial charge in [-0.2, -0.15) is 0 Å². The van der Waals surface area contributed by atoms with Crippen LogP contribution >= 0.6 is 0 Å². The predicted molar refractivity (Wildman–Crippen MR) is 85.1 cm³/mol. The average molecular weight is 257 g/mol. The summed E-state index contributed by atoms with van der Waals surface area (Å²) in [5.41, 5.74) is 5.57. The number of benzene rings is 1. The highest BCUT2D eigenvalue weighted by molar-refractivity contribution is 6.11. The molecule has 0 aliphatic carbocycles. The van der Waals surface area contributed by atoms with E-state index in [-0.39, 0.29) is 0 Å². The molecule has 0 unspecified atom stereocenters. The first-order valence-corrected chi connectivity index (χ1v) is 7.33. The molecule has 1 nitrogen and oxygen atoms in total. The van der Waals surface area contributed by atoms with E-state index in [1.165, 1.54) is 29.6 Å². The van der Waals surface area contributed by atoms with Crippen molar-refractivity contribution in [1.29, 1.82) is 5.41 Å². The highest BCUT2D eigenvalue weighted by Crippen LogP contribution is 2.23. The zero-order chi connectivity index (χ0) is 14.4. The molecule has 1 heteroatoms. The third kappa shape index (κ3) is 4.34. The van der Waals surface area contributed by atoms with E-state index in [4.69, 9.17) is 5.41 Å². The topological polar surface area (TPSA) is 23.9 Å². The molecule has 1 N–H and O–H groups in total. The molecule has 0 saturated carbocycles. The van der Waals surface area contributed by atoms with Gasteiger partial charge in [-0.3, -0.25) is 5.41 Å². The first-order valence-electron chi connectivity index (χ1n) is 7.33. The third-order valence-electron chi connectivity index (χ3n) is 3.55. The molecule has 0 heterocycles. The van der Waals surface area contributed by atoms with Crippen molar-refractivity contribution in [3.63, 3.8) is 0 Å². The number of hydrogen-bond acceptors (Lipinski definition) is 1. The van der Waals surface area contributed by atoms with Gasteiger partial charge in [0.1, 0.15) is 0 Å². The molecule has 1 rings (SSSR count). The summed E-state index contributed by atoms with van der Waals surface area (Å²) in [5, 5.41) is 8.50. The Labute approximate surface area is 118 Å². The van der Waals surface area contributed by atoms with E-state index in [1.54, 1.807) is 0 Å². The Balaban J connectivity index is 3.05. The molecule has 1 aromatic rings. The van der Waals surface area contributed by atoms with Crippen LogP contribution in [0, 0.1) is 18.3 Å². The van der Waals surface area contributed by atoms with Crippen molar-refractivity contribution in [2.75, 3.05) is 0 Å². The minimum absolute atomic E-state index is 0.408. The first kappa shape index (κ1) is 15.7. The quantitative estimate of drug-likeness (QED) is 0.648. The van der Waals surface area contributed by atoms with Crippen LogP contribution in [-0.2, 0) is 0 Å². The maximum atomic E-state index is 8.50. The molecular weight excluding hydrogens is 230 g/mol. The highest BCUT2D eigenvalue weighted by Gasteiger charge is 2.14. The summed E-state index contributed by atoms with van der Waals surface area (Å²) in [6.45, 7) is 10.9. The summed E-state index contributed by atoms with van der Waals surface area (Å²) >= 11 is 0. The fourth-order valence-electron chi connectivity index (χ4n) is 2.45. The summed E-state index contributed by atoms with van der Waals surface area (Å²) in [6, 6.07) is 8.30. The van der Waals surface area contributed by atoms with E-state index in [9.17, 15) is 0 Å². The molecule has 0 saturated heterocycles. The average Bonchev–Trinajstić information content (AvgIpc) is 2.36. The van der Waals surface area contributed by atoms with Gasteiger partial charge in [-0.15, -0.1) is 0 Å². The van der Waals surface area contributed by atoms with Crippen molar-refractivity contribution in [3.8, 4) is 0 Å².